The van der Waals surface area contributed by atoms with E-state index in [0.29, 0.717) is 11.9 Å². The molecular formula is C15H17N3O. The van der Waals surface area contributed by atoms with Crippen molar-refractivity contribution >= 4 is 0 Å². The zero-order valence-electron chi connectivity index (χ0n) is 11.0. The van der Waals surface area contributed by atoms with E-state index in [4.69, 9.17) is 4.74 Å². The Balaban J connectivity index is 1.59. The molecule has 1 N–H and O–H groups in total. The maximum absolute atomic E-state index is 5.63. The van der Waals surface area contributed by atoms with Gasteiger partial charge in [-0.25, -0.2) is 4.98 Å². The van der Waals surface area contributed by atoms with E-state index in [-0.39, 0.29) is 0 Å². The van der Waals surface area contributed by atoms with E-state index < -0.39 is 0 Å². The second kappa shape index (κ2) is 5.36. The minimum Gasteiger partial charge on any atom is -0.438 e. The molecule has 1 heterocycles. The Morgan fingerprint density at radius 2 is 1.95 bits per heavy atom. The van der Waals surface area contributed by atoms with Gasteiger partial charge in [0.05, 0.1) is 18.1 Å². The maximum Gasteiger partial charge on any atom is 0.237 e. The lowest BCUT2D eigenvalue weighted by Crippen LogP contribution is -2.16. The van der Waals surface area contributed by atoms with Gasteiger partial charge in [0.1, 0.15) is 5.75 Å². The summed E-state index contributed by atoms with van der Waals surface area (Å²) in [6, 6.07) is 8.57. The minimum absolute atomic E-state index is 0.527. The minimum atomic E-state index is 0.527. The van der Waals surface area contributed by atoms with Crippen LogP contribution < -0.4 is 10.1 Å². The van der Waals surface area contributed by atoms with Crippen LogP contribution in [0.5, 0.6) is 11.6 Å². The number of ether oxygens (including phenoxy) is 1. The normalized spacial score (nSPS) is 14.4. The van der Waals surface area contributed by atoms with Crippen molar-refractivity contribution < 1.29 is 4.74 Å². The summed E-state index contributed by atoms with van der Waals surface area (Å²) < 4.78 is 5.63. The summed E-state index contributed by atoms with van der Waals surface area (Å²) in [4.78, 5) is 8.61. The summed E-state index contributed by atoms with van der Waals surface area (Å²) in [5, 5.41) is 3.40. The standard InChI is InChI=1S/C15H17N3O/c1-11-2-6-14(7-3-11)19-15-10-17-13(9-18-15)8-16-12-4-5-12/h2-3,6-7,9-10,12,16H,4-5,8H2,1H3. The fourth-order valence-corrected chi connectivity index (χ4v) is 1.75. The van der Waals surface area contributed by atoms with E-state index in [1.54, 1.807) is 12.4 Å². The molecule has 19 heavy (non-hydrogen) atoms. The molecule has 1 aliphatic carbocycles. The molecule has 0 amide bonds. The monoisotopic (exact) mass is 255 g/mol. The summed E-state index contributed by atoms with van der Waals surface area (Å²) in [6.07, 6.45) is 5.99. The quantitative estimate of drug-likeness (QED) is 0.892. The Morgan fingerprint density at radius 3 is 2.58 bits per heavy atom. The van der Waals surface area contributed by atoms with Gasteiger partial charge in [-0.05, 0) is 31.9 Å². The number of hydrogen-bond acceptors (Lipinski definition) is 4. The molecule has 0 saturated heterocycles. The topological polar surface area (TPSA) is 47.0 Å². The van der Waals surface area contributed by atoms with Crippen molar-refractivity contribution in [3.8, 4) is 11.6 Å². The van der Waals surface area contributed by atoms with Crippen LogP contribution in [-0.2, 0) is 6.54 Å². The molecule has 0 unspecified atom stereocenters. The molecule has 1 saturated carbocycles. The Bertz CT molecular complexity index is 532. The fraction of sp³-hybridized carbons (Fsp3) is 0.333. The zero-order chi connectivity index (χ0) is 13.1. The lowest BCUT2D eigenvalue weighted by Gasteiger charge is -2.06. The van der Waals surface area contributed by atoms with Gasteiger partial charge in [0.2, 0.25) is 5.88 Å². The Labute approximate surface area is 112 Å². The molecule has 3 rings (SSSR count). The molecular weight excluding hydrogens is 238 g/mol. The molecule has 0 radical (unpaired) electrons. The lowest BCUT2D eigenvalue weighted by atomic mass is 10.2. The summed E-state index contributed by atoms with van der Waals surface area (Å²) in [5.74, 6) is 1.31. The first-order valence-electron chi connectivity index (χ1n) is 6.58. The average molecular weight is 255 g/mol. The van der Waals surface area contributed by atoms with Gasteiger partial charge in [0, 0.05) is 12.6 Å². The number of nitrogens with one attached hydrogen (secondary N) is 1. The number of hydrogen-bond donors (Lipinski definition) is 1. The molecule has 2 aromatic rings. The van der Waals surface area contributed by atoms with Crippen molar-refractivity contribution in [2.45, 2.75) is 32.4 Å². The molecule has 0 atom stereocenters. The second-order valence-corrected chi connectivity index (χ2v) is 4.92. The van der Waals surface area contributed by atoms with Crippen molar-refractivity contribution in [2.24, 2.45) is 0 Å². The lowest BCUT2D eigenvalue weighted by molar-refractivity contribution is 0.458. The molecule has 4 nitrogen and oxygen atoms in total. The Hall–Kier alpha value is -1.94. The molecule has 1 aliphatic rings. The summed E-state index contributed by atoms with van der Waals surface area (Å²) in [7, 11) is 0. The van der Waals surface area contributed by atoms with Crippen LogP contribution in [0.2, 0.25) is 0 Å². The molecule has 1 fully saturated rings. The number of benzene rings is 1. The third-order valence-corrected chi connectivity index (χ3v) is 3.07. The van der Waals surface area contributed by atoms with E-state index in [1.165, 1.54) is 18.4 Å². The molecule has 0 aliphatic heterocycles. The first-order chi connectivity index (χ1) is 9.29. The summed E-state index contributed by atoms with van der Waals surface area (Å²) in [5.41, 5.74) is 2.16. The zero-order valence-corrected chi connectivity index (χ0v) is 11.0. The highest BCUT2D eigenvalue weighted by Crippen LogP contribution is 2.20. The van der Waals surface area contributed by atoms with Crippen LogP contribution >= 0.6 is 0 Å². The van der Waals surface area contributed by atoms with Gasteiger partial charge < -0.3 is 10.1 Å². The highest BCUT2D eigenvalue weighted by molar-refractivity contribution is 5.29. The van der Waals surface area contributed by atoms with Crippen LogP contribution in [0, 0.1) is 6.92 Å². The van der Waals surface area contributed by atoms with Crippen molar-refractivity contribution in [3.63, 3.8) is 0 Å². The predicted molar refractivity (Wildman–Crippen MR) is 73.1 cm³/mol. The average Bonchev–Trinajstić information content (AvgIpc) is 3.25. The number of rotatable bonds is 5. The van der Waals surface area contributed by atoms with E-state index >= 15 is 0 Å². The molecule has 1 aromatic carbocycles. The largest absolute Gasteiger partial charge is 0.438 e. The van der Waals surface area contributed by atoms with Crippen molar-refractivity contribution in [3.05, 3.63) is 47.9 Å². The number of aryl methyl sites for hydroxylation is 1. The second-order valence-electron chi connectivity index (χ2n) is 4.92. The van der Waals surface area contributed by atoms with Crippen LogP contribution in [0.4, 0.5) is 0 Å². The third-order valence-electron chi connectivity index (χ3n) is 3.07. The number of aromatic nitrogens is 2. The molecule has 98 valence electrons. The summed E-state index contributed by atoms with van der Waals surface area (Å²) >= 11 is 0. The molecule has 0 bridgehead atoms. The van der Waals surface area contributed by atoms with Crippen LogP contribution in [0.25, 0.3) is 0 Å². The summed E-state index contributed by atoms with van der Waals surface area (Å²) in [6.45, 7) is 2.83. The number of nitrogens with zero attached hydrogens (tertiary/aromatic N) is 2. The Kier molecular flexibility index (Phi) is 3.42. The molecule has 0 spiro atoms. The van der Waals surface area contributed by atoms with Crippen LogP contribution in [0.3, 0.4) is 0 Å². The van der Waals surface area contributed by atoms with E-state index in [9.17, 15) is 0 Å². The van der Waals surface area contributed by atoms with Gasteiger partial charge in [-0.15, -0.1) is 0 Å². The van der Waals surface area contributed by atoms with Crippen LogP contribution in [0.15, 0.2) is 36.7 Å². The van der Waals surface area contributed by atoms with E-state index in [2.05, 4.69) is 15.3 Å². The predicted octanol–water partition coefficient (Wildman–Crippen LogP) is 2.83. The van der Waals surface area contributed by atoms with E-state index in [1.807, 2.05) is 31.2 Å². The highest BCUT2D eigenvalue weighted by Gasteiger charge is 2.20. The third kappa shape index (κ3) is 3.51. The van der Waals surface area contributed by atoms with Crippen molar-refractivity contribution in [1.82, 2.24) is 15.3 Å². The van der Waals surface area contributed by atoms with Crippen LogP contribution in [0.1, 0.15) is 24.1 Å². The van der Waals surface area contributed by atoms with Gasteiger partial charge in [-0.1, -0.05) is 17.7 Å². The van der Waals surface area contributed by atoms with E-state index in [0.717, 1.165) is 18.0 Å². The smallest absolute Gasteiger partial charge is 0.237 e. The van der Waals surface area contributed by atoms with Crippen molar-refractivity contribution in [2.75, 3.05) is 0 Å². The fourth-order valence-electron chi connectivity index (χ4n) is 1.75. The maximum atomic E-state index is 5.63. The first-order valence-corrected chi connectivity index (χ1v) is 6.58. The Morgan fingerprint density at radius 1 is 1.16 bits per heavy atom. The van der Waals surface area contributed by atoms with Gasteiger partial charge in [0.15, 0.2) is 0 Å². The van der Waals surface area contributed by atoms with Gasteiger partial charge in [-0.2, -0.15) is 0 Å². The SMILES string of the molecule is Cc1ccc(Oc2cnc(CNC3CC3)cn2)cc1. The van der Waals surface area contributed by atoms with Crippen LogP contribution in [-0.4, -0.2) is 16.0 Å². The molecule has 4 heteroatoms. The van der Waals surface area contributed by atoms with Crippen molar-refractivity contribution in [1.29, 1.82) is 0 Å². The van der Waals surface area contributed by atoms with Gasteiger partial charge in [0.25, 0.3) is 0 Å². The highest BCUT2D eigenvalue weighted by atomic mass is 16.5. The van der Waals surface area contributed by atoms with Gasteiger partial charge in [-0.3, -0.25) is 4.98 Å². The molecule has 1 aromatic heterocycles. The first kappa shape index (κ1) is 12.1. The van der Waals surface area contributed by atoms with Gasteiger partial charge >= 0.3 is 0 Å².